The van der Waals surface area contributed by atoms with Crippen LogP contribution in [0, 0.1) is 5.92 Å². The van der Waals surface area contributed by atoms with Crippen molar-refractivity contribution < 1.29 is 13.2 Å². The number of anilines is 1. The summed E-state index contributed by atoms with van der Waals surface area (Å²) in [5, 5.41) is 7.83. The Balaban J connectivity index is 1.31. The van der Waals surface area contributed by atoms with Gasteiger partial charge in [-0.1, -0.05) is 29.8 Å². The highest BCUT2D eigenvalue weighted by atomic mass is 35.5. The lowest BCUT2D eigenvalue weighted by atomic mass is 9.99. The molecule has 0 bridgehead atoms. The highest BCUT2D eigenvalue weighted by Gasteiger charge is 2.33. The van der Waals surface area contributed by atoms with Gasteiger partial charge in [0.2, 0.25) is 15.9 Å². The Labute approximate surface area is 192 Å². The zero-order valence-electron chi connectivity index (χ0n) is 17.5. The van der Waals surface area contributed by atoms with Crippen LogP contribution in [0.1, 0.15) is 12.8 Å². The van der Waals surface area contributed by atoms with Gasteiger partial charge in [-0.25, -0.2) is 8.42 Å². The maximum Gasteiger partial charge on any atom is 0.243 e. The number of fused-ring (bicyclic) bond motifs is 1. The van der Waals surface area contributed by atoms with Crippen molar-refractivity contribution in [2.45, 2.75) is 17.7 Å². The van der Waals surface area contributed by atoms with E-state index in [1.165, 1.54) is 4.31 Å². The summed E-state index contributed by atoms with van der Waals surface area (Å²) in [6.07, 6.45) is 3.05. The number of benzene rings is 2. The number of pyridine rings is 1. The molecule has 1 fully saturated rings. The first-order chi connectivity index (χ1) is 15.4. The molecule has 1 aliphatic rings. The van der Waals surface area contributed by atoms with Gasteiger partial charge in [0.1, 0.15) is 0 Å². The van der Waals surface area contributed by atoms with Crippen molar-refractivity contribution in [3.8, 4) is 0 Å². The molecule has 32 heavy (non-hydrogen) atoms. The van der Waals surface area contributed by atoms with Gasteiger partial charge < -0.3 is 10.6 Å². The number of hydrogen-bond donors (Lipinski definition) is 2. The molecule has 1 aromatic heterocycles. The molecule has 1 amide bonds. The molecule has 0 spiro atoms. The molecule has 0 radical (unpaired) electrons. The number of halogens is 1. The normalized spacial score (nSPS) is 17.2. The number of carbonyl (C=O) groups excluding carboxylic acids is 1. The van der Waals surface area contributed by atoms with Gasteiger partial charge in [-0.15, -0.1) is 0 Å². The van der Waals surface area contributed by atoms with E-state index in [4.69, 9.17) is 11.6 Å². The number of nitrogens with zero attached hydrogens (tertiary/aromatic N) is 2. The SMILES string of the molecule is O=C(NCCNc1ccnc2cc(Cl)ccc12)C1CCCN(S(=O)(=O)c2ccccc2)C1. The molecule has 2 N–H and O–H groups in total. The average molecular weight is 473 g/mol. The zero-order valence-corrected chi connectivity index (χ0v) is 19.1. The molecule has 168 valence electrons. The van der Waals surface area contributed by atoms with E-state index >= 15 is 0 Å². The number of rotatable bonds is 7. The van der Waals surface area contributed by atoms with Crippen LogP contribution in [0.15, 0.2) is 65.7 Å². The third kappa shape index (κ3) is 5.03. The van der Waals surface area contributed by atoms with Crippen molar-refractivity contribution in [1.82, 2.24) is 14.6 Å². The van der Waals surface area contributed by atoms with E-state index in [9.17, 15) is 13.2 Å². The van der Waals surface area contributed by atoms with Crippen molar-refractivity contribution in [3.05, 3.63) is 65.8 Å². The molecule has 1 unspecified atom stereocenters. The molecule has 0 saturated carbocycles. The molecule has 1 aliphatic heterocycles. The van der Waals surface area contributed by atoms with Crippen LogP contribution in [0.4, 0.5) is 5.69 Å². The van der Waals surface area contributed by atoms with Gasteiger partial charge in [0.05, 0.1) is 16.3 Å². The number of carbonyl (C=O) groups is 1. The van der Waals surface area contributed by atoms with E-state index in [-0.39, 0.29) is 23.3 Å². The third-order valence-corrected chi connectivity index (χ3v) is 7.69. The van der Waals surface area contributed by atoms with E-state index in [1.54, 1.807) is 36.5 Å². The maximum absolute atomic E-state index is 12.9. The summed E-state index contributed by atoms with van der Waals surface area (Å²) < 4.78 is 27.2. The quantitative estimate of drug-likeness (QED) is 0.513. The first-order valence-corrected chi connectivity index (χ1v) is 12.4. The molecule has 9 heteroatoms. The van der Waals surface area contributed by atoms with Crippen molar-refractivity contribution >= 4 is 44.1 Å². The largest absolute Gasteiger partial charge is 0.383 e. The van der Waals surface area contributed by atoms with E-state index in [0.717, 1.165) is 16.6 Å². The fourth-order valence-electron chi connectivity index (χ4n) is 3.92. The molecular weight excluding hydrogens is 448 g/mol. The lowest BCUT2D eigenvalue weighted by Gasteiger charge is -2.31. The Morgan fingerprint density at radius 2 is 1.94 bits per heavy atom. The summed E-state index contributed by atoms with van der Waals surface area (Å²) in [5.41, 5.74) is 1.71. The molecule has 7 nitrogen and oxygen atoms in total. The van der Waals surface area contributed by atoms with Gasteiger partial charge in [0.15, 0.2) is 0 Å². The van der Waals surface area contributed by atoms with Crippen LogP contribution in [-0.2, 0) is 14.8 Å². The van der Waals surface area contributed by atoms with Gasteiger partial charge in [-0.3, -0.25) is 9.78 Å². The number of amides is 1. The monoisotopic (exact) mass is 472 g/mol. The number of aromatic nitrogens is 1. The second kappa shape index (κ2) is 9.85. The second-order valence-electron chi connectivity index (χ2n) is 7.75. The Morgan fingerprint density at radius 3 is 2.75 bits per heavy atom. The Hall–Kier alpha value is -2.68. The minimum absolute atomic E-state index is 0.119. The molecular formula is C23H25ClN4O3S. The summed E-state index contributed by atoms with van der Waals surface area (Å²) in [6, 6.07) is 15.8. The topological polar surface area (TPSA) is 91.4 Å². The number of nitrogens with one attached hydrogen (secondary N) is 2. The number of sulfonamides is 1. The van der Waals surface area contributed by atoms with Crippen LogP contribution >= 0.6 is 11.6 Å². The summed E-state index contributed by atoms with van der Waals surface area (Å²) in [7, 11) is -3.59. The number of piperidine rings is 1. The molecule has 2 aromatic carbocycles. The fraction of sp³-hybridized carbons (Fsp3) is 0.304. The van der Waals surface area contributed by atoms with Crippen LogP contribution in [0.2, 0.25) is 5.02 Å². The average Bonchev–Trinajstić information content (AvgIpc) is 2.82. The molecule has 3 aromatic rings. The fourth-order valence-corrected chi connectivity index (χ4v) is 5.63. The van der Waals surface area contributed by atoms with Gasteiger partial charge in [0.25, 0.3) is 0 Å². The van der Waals surface area contributed by atoms with Gasteiger partial charge >= 0.3 is 0 Å². The second-order valence-corrected chi connectivity index (χ2v) is 10.1. The highest BCUT2D eigenvalue weighted by molar-refractivity contribution is 7.89. The number of hydrogen-bond acceptors (Lipinski definition) is 5. The summed E-state index contributed by atoms with van der Waals surface area (Å²) >= 11 is 6.03. The Morgan fingerprint density at radius 1 is 1.12 bits per heavy atom. The standard InChI is InChI=1S/C23H25ClN4O3S/c24-18-8-9-20-21(10-11-25-22(20)15-18)26-12-13-27-23(29)17-5-4-14-28(16-17)32(30,31)19-6-2-1-3-7-19/h1-3,6-11,15,17H,4-5,12-14,16H2,(H,25,26)(H,27,29). The first kappa shape index (κ1) is 22.5. The smallest absolute Gasteiger partial charge is 0.243 e. The van der Waals surface area contributed by atoms with Crippen LogP contribution < -0.4 is 10.6 Å². The van der Waals surface area contributed by atoms with Crippen molar-refractivity contribution in [3.63, 3.8) is 0 Å². The van der Waals surface area contributed by atoms with E-state index in [1.807, 2.05) is 24.3 Å². The zero-order chi connectivity index (χ0) is 22.6. The lowest BCUT2D eigenvalue weighted by Crippen LogP contribution is -2.46. The van der Waals surface area contributed by atoms with Crippen molar-refractivity contribution in [2.75, 3.05) is 31.5 Å². The highest BCUT2D eigenvalue weighted by Crippen LogP contribution is 2.25. The van der Waals surface area contributed by atoms with Crippen molar-refractivity contribution in [1.29, 1.82) is 0 Å². The Kier molecular flexibility index (Phi) is 6.93. The van der Waals surface area contributed by atoms with Crippen LogP contribution in [0.25, 0.3) is 10.9 Å². The van der Waals surface area contributed by atoms with Crippen molar-refractivity contribution in [2.24, 2.45) is 5.92 Å². The maximum atomic E-state index is 12.9. The third-order valence-electron chi connectivity index (χ3n) is 5.58. The van der Waals surface area contributed by atoms with Gasteiger partial charge in [-0.2, -0.15) is 4.31 Å². The Bertz CT molecular complexity index is 1200. The van der Waals surface area contributed by atoms with Crippen LogP contribution in [0.5, 0.6) is 0 Å². The van der Waals surface area contributed by atoms with Gasteiger partial charge in [-0.05, 0) is 49.2 Å². The predicted molar refractivity (Wildman–Crippen MR) is 126 cm³/mol. The van der Waals surface area contributed by atoms with Crippen LogP contribution in [0.3, 0.4) is 0 Å². The minimum Gasteiger partial charge on any atom is -0.383 e. The minimum atomic E-state index is -3.59. The first-order valence-electron chi connectivity index (χ1n) is 10.6. The summed E-state index contributed by atoms with van der Waals surface area (Å²) in [6.45, 7) is 1.60. The summed E-state index contributed by atoms with van der Waals surface area (Å²) in [5.74, 6) is -0.475. The van der Waals surface area contributed by atoms with E-state index in [0.29, 0.717) is 37.5 Å². The molecule has 4 rings (SSSR count). The molecule has 0 aliphatic carbocycles. The molecule has 1 atom stereocenters. The predicted octanol–water partition coefficient (Wildman–Crippen LogP) is 3.52. The lowest BCUT2D eigenvalue weighted by molar-refractivity contribution is -0.125. The molecule has 2 heterocycles. The van der Waals surface area contributed by atoms with E-state index in [2.05, 4.69) is 15.6 Å². The molecule has 1 saturated heterocycles. The van der Waals surface area contributed by atoms with Gasteiger partial charge in [0, 0.05) is 48.5 Å². The summed E-state index contributed by atoms with van der Waals surface area (Å²) in [4.78, 5) is 17.3. The van der Waals surface area contributed by atoms with Crippen LogP contribution in [-0.4, -0.2) is 49.8 Å². The van der Waals surface area contributed by atoms with E-state index < -0.39 is 10.0 Å².